The van der Waals surface area contributed by atoms with Crippen LogP contribution >= 0.6 is 0 Å². The Labute approximate surface area is 199 Å². The van der Waals surface area contributed by atoms with Gasteiger partial charge in [-0.15, -0.1) is 0 Å². The number of hydrogen-bond acceptors (Lipinski definition) is 2. The largest absolute Gasteiger partial charge is 0.348 e. The zero-order chi connectivity index (χ0) is 23.5. The molecule has 2 aliphatic rings. The minimum absolute atomic E-state index is 0.0277. The molecule has 0 saturated carbocycles. The number of nitrogens with one attached hydrogen (secondary N) is 1. The fourth-order valence-electron chi connectivity index (χ4n) is 5.66. The number of nitrogens with zero attached hydrogens (tertiary/aromatic N) is 1. The molecule has 1 N–H and O–H groups in total. The van der Waals surface area contributed by atoms with Gasteiger partial charge in [0.15, 0.2) is 0 Å². The van der Waals surface area contributed by atoms with Crippen molar-refractivity contribution >= 4 is 11.8 Å². The first-order valence-electron chi connectivity index (χ1n) is 12.0. The van der Waals surface area contributed by atoms with E-state index >= 15 is 0 Å². The lowest BCUT2D eigenvalue weighted by Gasteiger charge is -2.35. The van der Waals surface area contributed by atoms with Crippen molar-refractivity contribution in [2.75, 3.05) is 13.1 Å². The Balaban J connectivity index is 1.53. The average Bonchev–Trinajstić information content (AvgIpc) is 3.11. The fraction of sp³-hybridized carbons (Fsp3) is 0.310. The summed E-state index contributed by atoms with van der Waals surface area (Å²) in [4.78, 5) is 28.7. The van der Waals surface area contributed by atoms with Crippen LogP contribution < -0.4 is 5.32 Å². The second kappa shape index (κ2) is 9.41. The third-order valence-corrected chi connectivity index (χ3v) is 7.30. The molecule has 0 radical (unpaired) electrons. The number of carbonyl (C=O) groups excluding carboxylic acids is 2. The average molecular weight is 457 g/mol. The van der Waals surface area contributed by atoms with Gasteiger partial charge in [-0.05, 0) is 41.7 Å². The lowest BCUT2D eigenvalue weighted by Crippen LogP contribution is -2.53. The van der Waals surface area contributed by atoms with Gasteiger partial charge in [0.1, 0.15) is 5.82 Å². The van der Waals surface area contributed by atoms with E-state index in [9.17, 15) is 14.0 Å². The monoisotopic (exact) mass is 456 g/mol. The number of halogens is 1. The van der Waals surface area contributed by atoms with E-state index in [0.29, 0.717) is 19.5 Å². The van der Waals surface area contributed by atoms with Crippen LogP contribution in [0.3, 0.4) is 0 Å². The summed E-state index contributed by atoms with van der Waals surface area (Å²) in [5.74, 6) is -0.748. The van der Waals surface area contributed by atoms with Crippen LogP contribution in [-0.2, 0) is 9.59 Å². The molecule has 4 nitrogen and oxygen atoms in total. The fourth-order valence-corrected chi connectivity index (χ4v) is 5.66. The molecule has 2 amide bonds. The molecule has 34 heavy (non-hydrogen) atoms. The summed E-state index contributed by atoms with van der Waals surface area (Å²) >= 11 is 0. The molecular formula is C29H29FN2O2. The second-order valence-corrected chi connectivity index (χ2v) is 9.49. The summed E-state index contributed by atoms with van der Waals surface area (Å²) < 4.78 is 13.7. The van der Waals surface area contributed by atoms with Crippen molar-refractivity contribution in [1.82, 2.24) is 10.2 Å². The quantitative estimate of drug-likeness (QED) is 0.600. The van der Waals surface area contributed by atoms with Gasteiger partial charge in [-0.2, -0.15) is 0 Å². The van der Waals surface area contributed by atoms with Crippen molar-refractivity contribution in [1.29, 1.82) is 0 Å². The van der Waals surface area contributed by atoms with E-state index in [1.807, 2.05) is 65.6 Å². The summed E-state index contributed by atoms with van der Waals surface area (Å²) in [5, 5.41) is 3.29. The maximum atomic E-state index is 14.1. The highest BCUT2D eigenvalue weighted by Gasteiger charge is 2.50. The maximum absolute atomic E-state index is 14.1. The minimum Gasteiger partial charge on any atom is -0.348 e. The number of hydrogen-bond donors (Lipinski definition) is 1. The minimum atomic E-state index is -0.543. The Morgan fingerprint density at radius 2 is 1.53 bits per heavy atom. The van der Waals surface area contributed by atoms with E-state index in [4.69, 9.17) is 0 Å². The molecule has 5 rings (SSSR count). The van der Waals surface area contributed by atoms with Crippen LogP contribution in [0, 0.1) is 5.82 Å². The lowest BCUT2D eigenvalue weighted by molar-refractivity contribution is -0.131. The van der Waals surface area contributed by atoms with Crippen LogP contribution in [0.2, 0.25) is 0 Å². The van der Waals surface area contributed by atoms with E-state index in [0.717, 1.165) is 36.0 Å². The van der Waals surface area contributed by atoms with Crippen LogP contribution in [-0.4, -0.2) is 35.3 Å². The van der Waals surface area contributed by atoms with Gasteiger partial charge in [0.05, 0.1) is 11.5 Å². The number of amides is 2. The third-order valence-electron chi connectivity index (χ3n) is 7.30. The molecule has 2 aliphatic heterocycles. The Bertz CT molecular complexity index is 1110. The number of rotatable bonds is 4. The topological polar surface area (TPSA) is 49.4 Å². The first kappa shape index (κ1) is 22.3. The molecule has 2 heterocycles. The third kappa shape index (κ3) is 4.35. The first-order valence-corrected chi connectivity index (χ1v) is 12.0. The second-order valence-electron chi connectivity index (χ2n) is 9.49. The maximum Gasteiger partial charge on any atom is 0.234 e. The Morgan fingerprint density at radius 3 is 2.15 bits per heavy atom. The summed E-state index contributed by atoms with van der Waals surface area (Å²) in [6.45, 7) is 0.941. The first-order chi connectivity index (χ1) is 16.6. The SMILES string of the molecule is O=C1CCCC[C@]2(CN(C(=O)C(c3ccccc3)c3ccccc3)C[C@H]2c2ccc(F)cc2)N1. The molecule has 174 valence electrons. The van der Waals surface area contributed by atoms with E-state index in [2.05, 4.69) is 5.32 Å². The smallest absolute Gasteiger partial charge is 0.234 e. The molecule has 3 aromatic carbocycles. The molecule has 2 fully saturated rings. The van der Waals surface area contributed by atoms with Crippen molar-refractivity contribution in [3.63, 3.8) is 0 Å². The molecule has 2 saturated heterocycles. The number of likely N-dealkylation sites (tertiary alicyclic amines) is 1. The standard InChI is InChI=1S/C29H29FN2O2/c30-24-16-14-21(15-17-24)25-19-32(20-29(25)18-8-7-13-26(33)31-29)28(34)27(22-9-3-1-4-10-22)23-11-5-2-6-12-23/h1-6,9-12,14-17,25,27H,7-8,13,18-20H2,(H,31,33)/t25-,29+/m0/s1. The Hall–Kier alpha value is -3.47. The molecule has 5 heteroatoms. The predicted molar refractivity (Wildman–Crippen MR) is 130 cm³/mol. The van der Waals surface area contributed by atoms with Crippen LogP contribution in [0.1, 0.15) is 54.2 Å². The van der Waals surface area contributed by atoms with Gasteiger partial charge in [-0.25, -0.2) is 4.39 Å². The molecule has 0 unspecified atom stereocenters. The molecule has 1 spiro atoms. The van der Waals surface area contributed by atoms with Crippen molar-refractivity contribution in [3.05, 3.63) is 107 Å². The lowest BCUT2D eigenvalue weighted by atomic mass is 9.79. The van der Waals surface area contributed by atoms with Crippen molar-refractivity contribution in [3.8, 4) is 0 Å². The van der Waals surface area contributed by atoms with Gasteiger partial charge in [0.25, 0.3) is 0 Å². The van der Waals surface area contributed by atoms with Crippen molar-refractivity contribution in [2.45, 2.75) is 43.1 Å². The van der Waals surface area contributed by atoms with Crippen LogP contribution in [0.15, 0.2) is 84.9 Å². The van der Waals surface area contributed by atoms with Gasteiger partial charge in [0.2, 0.25) is 11.8 Å². The van der Waals surface area contributed by atoms with Gasteiger partial charge >= 0.3 is 0 Å². The summed E-state index contributed by atoms with van der Waals surface area (Å²) in [7, 11) is 0. The summed E-state index contributed by atoms with van der Waals surface area (Å²) in [5.41, 5.74) is 2.31. The molecule has 0 aliphatic carbocycles. The Morgan fingerprint density at radius 1 is 0.912 bits per heavy atom. The van der Waals surface area contributed by atoms with Gasteiger partial charge in [0, 0.05) is 25.4 Å². The van der Waals surface area contributed by atoms with Gasteiger partial charge in [-0.3, -0.25) is 9.59 Å². The van der Waals surface area contributed by atoms with Crippen LogP contribution in [0.25, 0.3) is 0 Å². The molecule has 0 aromatic heterocycles. The highest BCUT2D eigenvalue weighted by atomic mass is 19.1. The van der Waals surface area contributed by atoms with Crippen LogP contribution in [0.5, 0.6) is 0 Å². The highest BCUT2D eigenvalue weighted by molar-refractivity contribution is 5.88. The van der Waals surface area contributed by atoms with E-state index in [-0.39, 0.29) is 23.5 Å². The van der Waals surface area contributed by atoms with Crippen molar-refractivity contribution < 1.29 is 14.0 Å². The number of carbonyl (C=O) groups is 2. The van der Waals surface area contributed by atoms with E-state index < -0.39 is 11.5 Å². The highest BCUT2D eigenvalue weighted by Crippen LogP contribution is 2.42. The van der Waals surface area contributed by atoms with Crippen molar-refractivity contribution in [2.24, 2.45) is 0 Å². The summed E-state index contributed by atoms with van der Waals surface area (Å²) in [6, 6.07) is 26.2. The molecule has 2 atom stereocenters. The van der Waals surface area contributed by atoms with E-state index in [1.165, 1.54) is 12.1 Å². The van der Waals surface area contributed by atoms with Gasteiger partial charge in [-0.1, -0.05) is 79.2 Å². The normalized spacial score (nSPS) is 22.6. The zero-order valence-electron chi connectivity index (χ0n) is 19.1. The van der Waals surface area contributed by atoms with Gasteiger partial charge < -0.3 is 10.2 Å². The molecule has 0 bridgehead atoms. The summed E-state index contributed by atoms with van der Waals surface area (Å²) in [6.07, 6.45) is 3.06. The molecule has 3 aromatic rings. The number of benzene rings is 3. The van der Waals surface area contributed by atoms with E-state index in [1.54, 1.807) is 12.1 Å². The van der Waals surface area contributed by atoms with Crippen LogP contribution in [0.4, 0.5) is 4.39 Å². The zero-order valence-corrected chi connectivity index (χ0v) is 19.1. The predicted octanol–water partition coefficient (Wildman–Crippen LogP) is 5.01. The Kier molecular flexibility index (Phi) is 6.18. The molecular weight excluding hydrogens is 427 g/mol.